The van der Waals surface area contributed by atoms with Crippen molar-refractivity contribution in [1.29, 1.82) is 0 Å². The van der Waals surface area contributed by atoms with Gasteiger partial charge >= 0.3 is 0 Å². The summed E-state index contributed by atoms with van der Waals surface area (Å²) in [4.78, 5) is 0. The van der Waals surface area contributed by atoms with Crippen LogP contribution in [0.3, 0.4) is 0 Å². The Balaban J connectivity index is 1.73. The smallest absolute Gasteiger partial charge is 0.0159 e. The van der Waals surface area contributed by atoms with Gasteiger partial charge in [0, 0.05) is 5.41 Å². The molecule has 0 radical (unpaired) electrons. The van der Waals surface area contributed by atoms with Gasteiger partial charge in [-0.05, 0) is 55.8 Å². The van der Waals surface area contributed by atoms with Gasteiger partial charge in [-0.1, -0.05) is 99.3 Å². The molecule has 0 heteroatoms. The quantitative estimate of drug-likeness (QED) is 0.353. The van der Waals surface area contributed by atoms with Crippen LogP contribution in [0.15, 0.2) is 85.4 Å². The second-order valence-electron chi connectivity index (χ2n) is 7.92. The first-order valence-electron chi connectivity index (χ1n) is 9.49. The Morgan fingerprint density at radius 3 is 2.22 bits per heavy atom. The summed E-state index contributed by atoms with van der Waals surface area (Å²) in [5, 5.41) is 2.59. The third-order valence-electron chi connectivity index (χ3n) is 6.04. The van der Waals surface area contributed by atoms with Gasteiger partial charge in [0.15, 0.2) is 0 Å². The third kappa shape index (κ3) is 2.30. The van der Waals surface area contributed by atoms with Crippen LogP contribution in [0.5, 0.6) is 0 Å². The number of benzene rings is 4. The monoisotopic (exact) mass is 346 g/mol. The molecular weight excluding hydrogens is 324 g/mol. The fraction of sp³-hybridized carbons (Fsp3) is 0.111. The number of hydrogen-bond acceptors (Lipinski definition) is 0. The highest BCUT2D eigenvalue weighted by molar-refractivity contribution is 5.97. The first-order valence-corrected chi connectivity index (χ1v) is 9.49. The third-order valence-corrected chi connectivity index (χ3v) is 6.04. The van der Waals surface area contributed by atoms with E-state index in [1.54, 1.807) is 0 Å². The van der Waals surface area contributed by atoms with E-state index in [2.05, 4.69) is 99.3 Å². The molecule has 1 aliphatic rings. The molecule has 0 fully saturated rings. The van der Waals surface area contributed by atoms with Crippen molar-refractivity contribution in [3.05, 3.63) is 102 Å². The van der Waals surface area contributed by atoms with Crippen LogP contribution in [0.4, 0.5) is 0 Å². The molecule has 0 bridgehead atoms. The predicted molar refractivity (Wildman–Crippen MR) is 117 cm³/mol. The van der Waals surface area contributed by atoms with E-state index in [1.165, 1.54) is 49.7 Å². The van der Waals surface area contributed by atoms with Gasteiger partial charge in [0.05, 0.1) is 0 Å². The molecule has 0 heterocycles. The Kier molecular flexibility index (Phi) is 3.39. The molecule has 4 aromatic carbocycles. The highest BCUT2D eigenvalue weighted by Gasteiger charge is 2.35. The predicted octanol–water partition coefficient (Wildman–Crippen LogP) is 7.46. The first-order chi connectivity index (χ1) is 13.1. The van der Waals surface area contributed by atoms with Crippen LogP contribution in [0.2, 0.25) is 0 Å². The zero-order valence-electron chi connectivity index (χ0n) is 15.8. The maximum Gasteiger partial charge on any atom is 0.0159 e. The highest BCUT2D eigenvalue weighted by Crippen LogP contribution is 2.50. The molecule has 130 valence electrons. The molecule has 0 spiro atoms. The minimum Gasteiger partial charge on any atom is -0.0985 e. The highest BCUT2D eigenvalue weighted by atomic mass is 14.4. The zero-order valence-corrected chi connectivity index (χ0v) is 15.8. The maximum absolute atomic E-state index is 3.94. The number of fused-ring (bicyclic) bond motifs is 4. The van der Waals surface area contributed by atoms with Gasteiger partial charge in [-0.15, -0.1) is 0 Å². The number of hydrogen-bond donors (Lipinski definition) is 0. The summed E-state index contributed by atoms with van der Waals surface area (Å²) < 4.78 is 0. The molecule has 5 rings (SSSR count). The zero-order chi connectivity index (χ0) is 18.6. The molecule has 0 N–H and O–H groups in total. The summed E-state index contributed by atoms with van der Waals surface area (Å²) in [6, 6.07) is 28.9. The van der Waals surface area contributed by atoms with E-state index < -0.39 is 0 Å². The molecule has 0 aromatic heterocycles. The minimum absolute atomic E-state index is 0.00964. The van der Waals surface area contributed by atoms with Gasteiger partial charge in [0.25, 0.3) is 0 Å². The van der Waals surface area contributed by atoms with Crippen molar-refractivity contribution in [1.82, 2.24) is 0 Å². The lowest BCUT2D eigenvalue weighted by molar-refractivity contribution is 0.660. The van der Waals surface area contributed by atoms with E-state index in [-0.39, 0.29) is 5.41 Å². The van der Waals surface area contributed by atoms with Gasteiger partial charge in [-0.3, -0.25) is 0 Å². The normalized spacial score (nSPS) is 14.0. The SMILES string of the molecule is C=Cc1ccc2c(c1)C(C)(C)c1cc(-c3cccc4ccccc34)ccc1-2. The van der Waals surface area contributed by atoms with Crippen molar-refractivity contribution in [2.75, 3.05) is 0 Å². The molecule has 1 aliphatic carbocycles. The van der Waals surface area contributed by atoms with Gasteiger partial charge in [0.1, 0.15) is 0 Å². The molecular formula is C27H22. The molecule has 4 aromatic rings. The molecule has 27 heavy (non-hydrogen) atoms. The van der Waals surface area contributed by atoms with Crippen molar-refractivity contribution < 1.29 is 0 Å². The summed E-state index contributed by atoms with van der Waals surface area (Å²) in [5.41, 5.74) is 9.27. The largest absolute Gasteiger partial charge is 0.0985 e. The molecule has 0 saturated heterocycles. The topological polar surface area (TPSA) is 0 Å². The van der Waals surface area contributed by atoms with Crippen molar-refractivity contribution in [2.45, 2.75) is 19.3 Å². The van der Waals surface area contributed by atoms with Crippen LogP contribution in [0, 0.1) is 0 Å². The lowest BCUT2D eigenvalue weighted by Crippen LogP contribution is -2.15. The number of rotatable bonds is 2. The van der Waals surface area contributed by atoms with Crippen LogP contribution in [0.1, 0.15) is 30.5 Å². The van der Waals surface area contributed by atoms with Crippen molar-refractivity contribution >= 4 is 16.8 Å². The Morgan fingerprint density at radius 2 is 1.41 bits per heavy atom. The van der Waals surface area contributed by atoms with E-state index in [1.807, 2.05) is 6.08 Å². The molecule has 0 nitrogen and oxygen atoms in total. The van der Waals surface area contributed by atoms with Gasteiger partial charge in [-0.25, -0.2) is 0 Å². The summed E-state index contributed by atoms with van der Waals surface area (Å²) in [6.45, 7) is 8.60. The summed E-state index contributed by atoms with van der Waals surface area (Å²) in [7, 11) is 0. The fourth-order valence-electron chi connectivity index (χ4n) is 4.53. The van der Waals surface area contributed by atoms with Gasteiger partial charge < -0.3 is 0 Å². The summed E-state index contributed by atoms with van der Waals surface area (Å²) in [5.74, 6) is 0. The Morgan fingerprint density at radius 1 is 0.704 bits per heavy atom. The van der Waals surface area contributed by atoms with Gasteiger partial charge in [-0.2, -0.15) is 0 Å². The maximum atomic E-state index is 3.94. The fourth-order valence-corrected chi connectivity index (χ4v) is 4.53. The molecule has 0 atom stereocenters. The Labute approximate surface area is 160 Å². The lowest BCUT2D eigenvalue weighted by atomic mass is 9.81. The van der Waals surface area contributed by atoms with Crippen LogP contribution < -0.4 is 0 Å². The van der Waals surface area contributed by atoms with Crippen LogP contribution in [-0.4, -0.2) is 0 Å². The molecule has 0 saturated carbocycles. The second-order valence-corrected chi connectivity index (χ2v) is 7.92. The molecule has 0 unspecified atom stereocenters. The minimum atomic E-state index is -0.00964. The standard InChI is InChI=1S/C27H22/c1-4-18-12-14-23-24-15-13-20(17-26(24)27(2,3)25(23)16-18)22-11-7-9-19-8-5-6-10-21(19)22/h4-17H,1H2,2-3H3. The Bertz CT molecular complexity index is 1200. The molecule has 0 amide bonds. The second kappa shape index (κ2) is 5.69. The Hall–Kier alpha value is -3.12. The summed E-state index contributed by atoms with van der Waals surface area (Å²) in [6.07, 6.45) is 1.93. The van der Waals surface area contributed by atoms with Crippen molar-refractivity contribution in [3.8, 4) is 22.3 Å². The van der Waals surface area contributed by atoms with E-state index in [9.17, 15) is 0 Å². The van der Waals surface area contributed by atoms with Crippen LogP contribution in [0.25, 0.3) is 39.1 Å². The van der Waals surface area contributed by atoms with Crippen molar-refractivity contribution in [3.63, 3.8) is 0 Å². The first kappa shape index (κ1) is 16.1. The van der Waals surface area contributed by atoms with Crippen molar-refractivity contribution in [2.24, 2.45) is 0 Å². The van der Waals surface area contributed by atoms with E-state index in [4.69, 9.17) is 0 Å². The van der Waals surface area contributed by atoms with E-state index in [0.29, 0.717) is 0 Å². The van der Waals surface area contributed by atoms with E-state index in [0.717, 1.165) is 0 Å². The molecule has 0 aliphatic heterocycles. The van der Waals surface area contributed by atoms with Crippen LogP contribution >= 0.6 is 0 Å². The average Bonchev–Trinajstić information content (AvgIpc) is 2.94. The van der Waals surface area contributed by atoms with E-state index >= 15 is 0 Å². The van der Waals surface area contributed by atoms with Crippen LogP contribution in [-0.2, 0) is 5.41 Å². The summed E-state index contributed by atoms with van der Waals surface area (Å²) >= 11 is 0. The van der Waals surface area contributed by atoms with Gasteiger partial charge in [0.2, 0.25) is 0 Å². The average molecular weight is 346 g/mol. The lowest BCUT2D eigenvalue weighted by Gasteiger charge is -2.22.